The summed E-state index contributed by atoms with van der Waals surface area (Å²) in [5.74, 6) is 0.484. The minimum atomic E-state index is -3.01. The van der Waals surface area contributed by atoms with E-state index in [1.807, 2.05) is 6.92 Å². The monoisotopic (exact) mass is 457 g/mol. The molecular weight excluding hydrogens is 432 g/mol. The van der Waals surface area contributed by atoms with Gasteiger partial charge in [-0.1, -0.05) is 25.1 Å². The van der Waals surface area contributed by atoms with Crippen molar-refractivity contribution < 1.29 is 12.8 Å². The second-order valence-electron chi connectivity index (χ2n) is 4.77. The Labute approximate surface area is 155 Å². The van der Waals surface area contributed by atoms with Crippen molar-refractivity contribution in [2.75, 3.05) is 31.1 Å². The Hall–Kier alpha value is -0.900. The van der Waals surface area contributed by atoms with E-state index < -0.39 is 9.84 Å². The maximum Gasteiger partial charge on any atom is 0.191 e. The maximum atomic E-state index is 13.5. The molecule has 0 unspecified atom stereocenters. The molecule has 0 aliphatic heterocycles. The van der Waals surface area contributed by atoms with Crippen LogP contribution in [0.5, 0.6) is 0 Å². The molecule has 0 amide bonds. The Morgan fingerprint density at radius 3 is 2.52 bits per heavy atom. The number of nitrogens with one attached hydrogen (secondary N) is 2. The molecule has 0 heterocycles. The highest BCUT2D eigenvalue weighted by Gasteiger charge is 2.06. The number of aliphatic imine (C=N–C) groups is 1. The summed E-state index contributed by atoms with van der Waals surface area (Å²) >= 11 is 0. The molecule has 0 spiro atoms. The van der Waals surface area contributed by atoms with Crippen molar-refractivity contribution in [2.45, 2.75) is 20.3 Å². The predicted molar refractivity (Wildman–Crippen MR) is 104 cm³/mol. The molecule has 23 heavy (non-hydrogen) atoms. The van der Waals surface area contributed by atoms with E-state index >= 15 is 0 Å². The van der Waals surface area contributed by atoms with Gasteiger partial charge in [-0.3, -0.25) is 4.99 Å². The van der Waals surface area contributed by atoms with Gasteiger partial charge in [0.2, 0.25) is 0 Å². The Morgan fingerprint density at radius 1 is 1.22 bits per heavy atom. The minimum absolute atomic E-state index is 0. The van der Waals surface area contributed by atoms with Gasteiger partial charge < -0.3 is 10.6 Å². The molecule has 2 N–H and O–H groups in total. The first-order valence-electron chi connectivity index (χ1n) is 7.44. The zero-order valence-corrected chi connectivity index (χ0v) is 16.7. The van der Waals surface area contributed by atoms with Crippen LogP contribution < -0.4 is 10.6 Å². The van der Waals surface area contributed by atoms with Gasteiger partial charge in [-0.2, -0.15) is 0 Å². The molecule has 1 rings (SSSR count). The molecule has 8 heteroatoms. The Morgan fingerprint density at radius 2 is 1.91 bits per heavy atom. The lowest BCUT2D eigenvalue weighted by molar-refractivity contribution is 0.596. The van der Waals surface area contributed by atoms with E-state index in [2.05, 4.69) is 15.6 Å². The molecule has 0 radical (unpaired) electrons. The number of halogens is 2. The van der Waals surface area contributed by atoms with E-state index in [1.165, 1.54) is 6.07 Å². The van der Waals surface area contributed by atoms with Gasteiger partial charge in [0.15, 0.2) is 15.8 Å². The van der Waals surface area contributed by atoms with Crippen LogP contribution in [0.2, 0.25) is 0 Å². The molecule has 0 atom stereocenters. The second kappa shape index (κ2) is 11.6. The third-order valence-corrected chi connectivity index (χ3v) is 4.79. The predicted octanol–water partition coefficient (Wildman–Crippen LogP) is 1.98. The highest BCUT2D eigenvalue weighted by molar-refractivity contribution is 14.0. The number of hydrogen-bond acceptors (Lipinski definition) is 3. The van der Waals surface area contributed by atoms with E-state index in [-0.39, 0.29) is 47.8 Å². The molecule has 0 aliphatic rings. The summed E-state index contributed by atoms with van der Waals surface area (Å²) in [6, 6.07) is 6.64. The molecule has 0 saturated carbocycles. The van der Waals surface area contributed by atoms with Crippen LogP contribution >= 0.6 is 24.0 Å². The van der Waals surface area contributed by atoms with E-state index in [0.717, 1.165) is 0 Å². The number of nitrogens with zero attached hydrogens (tertiary/aromatic N) is 1. The normalized spacial score (nSPS) is 11.7. The SMILES string of the molecule is CCNC(=NCCS(=O)(=O)CC)NCCc1ccccc1F.I. The standard InChI is InChI=1S/C15H24FN3O2S.HI/c1-3-17-15(19-11-12-22(20,21)4-2)18-10-9-13-7-5-6-8-14(13)16;/h5-8H,3-4,9-12H2,1-2H3,(H2,17,18,19);1H. The number of rotatable bonds is 8. The molecule has 0 bridgehead atoms. The Kier molecular flexibility index (Phi) is 11.2. The van der Waals surface area contributed by atoms with Crippen molar-refractivity contribution in [1.29, 1.82) is 0 Å². The minimum Gasteiger partial charge on any atom is -0.357 e. The molecule has 5 nitrogen and oxygen atoms in total. The van der Waals surface area contributed by atoms with Crippen molar-refractivity contribution in [3.05, 3.63) is 35.6 Å². The summed E-state index contributed by atoms with van der Waals surface area (Å²) in [7, 11) is -3.01. The largest absolute Gasteiger partial charge is 0.357 e. The van der Waals surface area contributed by atoms with Gasteiger partial charge in [0.1, 0.15) is 5.82 Å². The average molecular weight is 457 g/mol. The van der Waals surface area contributed by atoms with Crippen LogP contribution in [0, 0.1) is 5.82 Å². The fraction of sp³-hybridized carbons (Fsp3) is 0.533. The van der Waals surface area contributed by atoms with Gasteiger partial charge in [-0.15, -0.1) is 24.0 Å². The van der Waals surface area contributed by atoms with Crippen molar-refractivity contribution in [3.63, 3.8) is 0 Å². The molecular formula is C15H25FIN3O2S. The topological polar surface area (TPSA) is 70.6 Å². The molecule has 1 aromatic rings. The summed E-state index contributed by atoms with van der Waals surface area (Å²) < 4.78 is 36.3. The molecule has 132 valence electrons. The third kappa shape index (κ3) is 9.09. The fourth-order valence-corrected chi connectivity index (χ4v) is 2.46. The van der Waals surface area contributed by atoms with Crippen LogP contribution in [-0.4, -0.2) is 45.5 Å². The van der Waals surface area contributed by atoms with Crippen LogP contribution in [0.4, 0.5) is 4.39 Å². The summed E-state index contributed by atoms with van der Waals surface area (Å²) in [4.78, 5) is 4.22. The van der Waals surface area contributed by atoms with Crippen LogP contribution in [-0.2, 0) is 16.3 Å². The summed E-state index contributed by atoms with van der Waals surface area (Å²) in [6.45, 7) is 4.96. The van der Waals surface area contributed by atoms with Crippen LogP contribution in [0.25, 0.3) is 0 Å². The lowest BCUT2D eigenvalue weighted by Crippen LogP contribution is -2.38. The van der Waals surface area contributed by atoms with Crippen LogP contribution in [0.3, 0.4) is 0 Å². The number of sulfone groups is 1. The lowest BCUT2D eigenvalue weighted by Gasteiger charge is -2.11. The highest BCUT2D eigenvalue weighted by atomic mass is 127. The molecule has 0 saturated heterocycles. The first-order valence-corrected chi connectivity index (χ1v) is 9.26. The second-order valence-corrected chi connectivity index (χ2v) is 7.24. The third-order valence-electron chi connectivity index (χ3n) is 3.10. The van der Waals surface area contributed by atoms with Gasteiger partial charge in [0, 0.05) is 18.8 Å². The van der Waals surface area contributed by atoms with Gasteiger partial charge in [0.05, 0.1) is 12.3 Å². The Balaban J connectivity index is 0.00000484. The number of hydrogen-bond donors (Lipinski definition) is 2. The first-order chi connectivity index (χ1) is 10.5. The van der Waals surface area contributed by atoms with Crippen molar-refractivity contribution in [3.8, 4) is 0 Å². The van der Waals surface area contributed by atoms with Gasteiger partial charge in [0.25, 0.3) is 0 Å². The van der Waals surface area contributed by atoms with Crippen molar-refractivity contribution in [1.82, 2.24) is 10.6 Å². The summed E-state index contributed by atoms with van der Waals surface area (Å²) in [5.41, 5.74) is 0.638. The highest BCUT2D eigenvalue weighted by Crippen LogP contribution is 2.06. The number of benzene rings is 1. The van der Waals surface area contributed by atoms with Gasteiger partial charge >= 0.3 is 0 Å². The smallest absolute Gasteiger partial charge is 0.191 e. The first kappa shape index (κ1) is 22.1. The van der Waals surface area contributed by atoms with E-state index in [4.69, 9.17) is 0 Å². The molecule has 0 fully saturated rings. The van der Waals surface area contributed by atoms with Crippen LogP contribution in [0.15, 0.2) is 29.3 Å². The molecule has 0 aromatic heterocycles. The van der Waals surface area contributed by atoms with E-state index in [0.29, 0.717) is 31.0 Å². The average Bonchev–Trinajstić information content (AvgIpc) is 2.49. The quantitative estimate of drug-likeness (QED) is 0.356. The van der Waals surface area contributed by atoms with E-state index in [1.54, 1.807) is 25.1 Å². The lowest BCUT2D eigenvalue weighted by atomic mass is 10.1. The summed E-state index contributed by atoms with van der Waals surface area (Å²) in [6.07, 6.45) is 0.532. The molecule has 0 aliphatic carbocycles. The summed E-state index contributed by atoms with van der Waals surface area (Å²) in [5, 5.41) is 6.12. The van der Waals surface area contributed by atoms with E-state index in [9.17, 15) is 12.8 Å². The van der Waals surface area contributed by atoms with Crippen molar-refractivity contribution in [2.24, 2.45) is 4.99 Å². The Bertz CT molecular complexity index is 594. The number of guanidine groups is 1. The maximum absolute atomic E-state index is 13.5. The van der Waals surface area contributed by atoms with Gasteiger partial charge in [-0.25, -0.2) is 12.8 Å². The van der Waals surface area contributed by atoms with Crippen molar-refractivity contribution >= 4 is 39.8 Å². The zero-order chi connectivity index (χ0) is 16.4. The van der Waals surface area contributed by atoms with Gasteiger partial charge in [-0.05, 0) is 25.0 Å². The van der Waals surface area contributed by atoms with Crippen LogP contribution in [0.1, 0.15) is 19.4 Å². The molecule has 1 aromatic carbocycles. The zero-order valence-electron chi connectivity index (χ0n) is 13.5. The fourth-order valence-electron chi connectivity index (χ4n) is 1.80.